The first-order valence-corrected chi connectivity index (χ1v) is 12.3. The van der Waals surface area contributed by atoms with Crippen molar-refractivity contribution in [3.05, 3.63) is 18.2 Å². The standard InChI is InChI=1S/C21H32N4O4S/c1-4-12-22-20(26)15-25-19-14-16(30(28,29)23(5-2)6-3)10-11-17(19)24-13-8-7-9-18(24)21(25)27/h10-11,14,18H,4-9,12-13,15H2,1-3H3,(H,22,26). The van der Waals surface area contributed by atoms with E-state index in [1.165, 1.54) is 9.21 Å². The van der Waals surface area contributed by atoms with Gasteiger partial charge in [-0.3, -0.25) is 14.5 Å². The molecule has 2 aliphatic heterocycles. The van der Waals surface area contributed by atoms with E-state index in [0.29, 0.717) is 25.3 Å². The Labute approximate surface area is 179 Å². The number of piperidine rings is 1. The molecule has 1 saturated heterocycles. The molecule has 9 heteroatoms. The number of amides is 2. The van der Waals surface area contributed by atoms with E-state index in [1.54, 1.807) is 32.0 Å². The molecule has 166 valence electrons. The maximum atomic E-state index is 13.3. The van der Waals surface area contributed by atoms with Crippen LogP contribution in [0.3, 0.4) is 0 Å². The number of rotatable bonds is 8. The second kappa shape index (κ2) is 9.34. The van der Waals surface area contributed by atoms with Crippen molar-refractivity contribution in [1.82, 2.24) is 9.62 Å². The van der Waals surface area contributed by atoms with Gasteiger partial charge in [-0.05, 0) is 43.9 Å². The molecule has 1 unspecified atom stereocenters. The average Bonchev–Trinajstić information content (AvgIpc) is 2.75. The lowest BCUT2D eigenvalue weighted by molar-refractivity contribution is -0.125. The largest absolute Gasteiger partial charge is 0.358 e. The molecule has 0 saturated carbocycles. The van der Waals surface area contributed by atoms with Crippen molar-refractivity contribution in [2.75, 3.05) is 42.5 Å². The molecule has 0 aliphatic carbocycles. The molecule has 1 atom stereocenters. The second-order valence-electron chi connectivity index (χ2n) is 7.72. The summed E-state index contributed by atoms with van der Waals surface area (Å²) in [4.78, 5) is 29.4. The van der Waals surface area contributed by atoms with Gasteiger partial charge in [0.05, 0.1) is 16.3 Å². The van der Waals surface area contributed by atoms with Crippen molar-refractivity contribution in [2.24, 2.45) is 0 Å². The summed E-state index contributed by atoms with van der Waals surface area (Å²) in [5.74, 6) is -0.372. The molecule has 0 aromatic heterocycles. The molecule has 30 heavy (non-hydrogen) atoms. The van der Waals surface area contributed by atoms with Gasteiger partial charge in [0, 0.05) is 26.2 Å². The first-order chi connectivity index (χ1) is 14.3. The third-order valence-corrected chi connectivity index (χ3v) is 7.86. The number of anilines is 2. The molecule has 2 amide bonds. The summed E-state index contributed by atoms with van der Waals surface area (Å²) in [5, 5.41) is 2.81. The van der Waals surface area contributed by atoms with Crippen LogP contribution < -0.4 is 15.1 Å². The topological polar surface area (TPSA) is 90.0 Å². The van der Waals surface area contributed by atoms with Gasteiger partial charge in [-0.15, -0.1) is 0 Å². The third kappa shape index (κ3) is 4.18. The number of fused-ring (bicyclic) bond motifs is 3. The smallest absolute Gasteiger partial charge is 0.250 e. The predicted molar refractivity (Wildman–Crippen MR) is 117 cm³/mol. The van der Waals surface area contributed by atoms with Crippen LogP contribution in [0.15, 0.2) is 23.1 Å². The first kappa shape index (κ1) is 22.6. The van der Waals surface area contributed by atoms with E-state index in [0.717, 1.165) is 37.9 Å². The van der Waals surface area contributed by atoms with Crippen molar-refractivity contribution in [2.45, 2.75) is 57.4 Å². The van der Waals surface area contributed by atoms with Gasteiger partial charge >= 0.3 is 0 Å². The van der Waals surface area contributed by atoms with Crippen LogP contribution in [0.25, 0.3) is 0 Å². The monoisotopic (exact) mass is 436 g/mol. The predicted octanol–water partition coefficient (Wildman–Crippen LogP) is 1.95. The number of hydrogen-bond donors (Lipinski definition) is 1. The molecule has 3 rings (SSSR count). The summed E-state index contributed by atoms with van der Waals surface area (Å²) in [6.07, 6.45) is 3.50. The Kier molecular flexibility index (Phi) is 7.02. The molecule has 2 heterocycles. The van der Waals surface area contributed by atoms with E-state index >= 15 is 0 Å². The summed E-state index contributed by atoms with van der Waals surface area (Å²) in [6.45, 7) is 7.48. The first-order valence-electron chi connectivity index (χ1n) is 10.8. The molecule has 0 bridgehead atoms. The highest BCUT2D eigenvalue weighted by Crippen LogP contribution is 2.40. The van der Waals surface area contributed by atoms with Crippen LogP contribution >= 0.6 is 0 Å². The van der Waals surface area contributed by atoms with Crippen molar-refractivity contribution in [3.63, 3.8) is 0 Å². The van der Waals surface area contributed by atoms with Gasteiger partial charge in [-0.1, -0.05) is 20.8 Å². The van der Waals surface area contributed by atoms with Gasteiger partial charge in [0.1, 0.15) is 12.6 Å². The van der Waals surface area contributed by atoms with Crippen LogP contribution in [-0.2, 0) is 19.6 Å². The van der Waals surface area contributed by atoms with Gasteiger partial charge in [0.25, 0.3) is 0 Å². The Morgan fingerprint density at radius 2 is 1.90 bits per heavy atom. The van der Waals surface area contributed by atoms with Gasteiger partial charge in [0.15, 0.2) is 0 Å². The number of nitrogens with zero attached hydrogens (tertiary/aromatic N) is 3. The lowest BCUT2D eigenvalue weighted by atomic mass is 9.96. The van der Waals surface area contributed by atoms with Crippen molar-refractivity contribution < 1.29 is 18.0 Å². The summed E-state index contributed by atoms with van der Waals surface area (Å²) in [5.41, 5.74) is 1.32. The minimum Gasteiger partial charge on any atom is -0.358 e. The lowest BCUT2D eigenvalue weighted by Gasteiger charge is -2.45. The molecule has 1 aromatic rings. The number of carbonyl (C=O) groups is 2. The average molecular weight is 437 g/mol. The van der Waals surface area contributed by atoms with E-state index in [2.05, 4.69) is 10.2 Å². The molecule has 1 N–H and O–H groups in total. The van der Waals surface area contributed by atoms with Gasteiger partial charge in [0.2, 0.25) is 21.8 Å². The molecule has 2 aliphatic rings. The molecular formula is C21H32N4O4S. The van der Waals surface area contributed by atoms with Gasteiger partial charge in [-0.2, -0.15) is 4.31 Å². The normalized spacial score (nSPS) is 18.9. The highest BCUT2D eigenvalue weighted by molar-refractivity contribution is 7.89. The fourth-order valence-corrected chi connectivity index (χ4v) is 5.72. The van der Waals surface area contributed by atoms with Crippen LogP contribution in [-0.4, -0.2) is 63.3 Å². The fraction of sp³-hybridized carbons (Fsp3) is 0.619. The number of sulfonamides is 1. The van der Waals surface area contributed by atoms with Crippen LogP contribution in [0.5, 0.6) is 0 Å². The minimum atomic E-state index is -3.67. The maximum Gasteiger partial charge on any atom is 0.250 e. The molecule has 0 spiro atoms. The molecule has 0 radical (unpaired) electrons. The quantitative estimate of drug-likeness (QED) is 0.673. The number of benzene rings is 1. The zero-order chi connectivity index (χ0) is 21.9. The highest BCUT2D eigenvalue weighted by Gasteiger charge is 2.40. The third-order valence-electron chi connectivity index (χ3n) is 5.82. The second-order valence-corrected chi connectivity index (χ2v) is 9.66. The summed E-state index contributed by atoms with van der Waals surface area (Å²) in [7, 11) is -3.67. The maximum absolute atomic E-state index is 13.3. The minimum absolute atomic E-state index is 0.106. The van der Waals surface area contributed by atoms with Gasteiger partial charge in [-0.25, -0.2) is 8.42 Å². The van der Waals surface area contributed by atoms with E-state index < -0.39 is 10.0 Å². The lowest BCUT2D eigenvalue weighted by Crippen LogP contribution is -2.57. The van der Waals surface area contributed by atoms with Crippen LogP contribution in [0.2, 0.25) is 0 Å². The zero-order valence-electron chi connectivity index (χ0n) is 18.1. The SMILES string of the molecule is CCCNC(=O)CN1C(=O)C2CCCCN2c2ccc(S(=O)(=O)N(CC)CC)cc21. The van der Waals surface area contributed by atoms with Crippen molar-refractivity contribution >= 4 is 33.2 Å². The number of carbonyl (C=O) groups excluding carboxylic acids is 2. The summed E-state index contributed by atoms with van der Waals surface area (Å²) < 4.78 is 27.5. The Hall–Kier alpha value is -2.13. The Morgan fingerprint density at radius 3 is 2.57 bits per heavy atom. The molecule has 8 nitrogen and oxygen atoms in total. The van der Waals surface area contributed by atoms with E-state index in [1.807, 2.05) is 6.92 Å². The fourth-order valence-electron chi connectivity index (χ4n) is 4.24. The highest BCUT2D eigenvalue weighted by atomic mass is 32.2. The van der Waals surface area contributed by atoms with E-state index in [-0.39, 0.29) is 29.3 Å². The Morgan fingerprint density at radius 1 is 1.17 bits per heavy atom. The van der Waals surface area contributed by atoms with Crippen molar-refractivity contribution in [1.29, 1.82) is 0 Å². The molecule has 1 fully saturated rings. The summed E-state index contributed by atoms with van der Waals surface area (Å²) in [6, 6.07) is 4.66. The van der Waals surface area contributed by atoms with E-state index in [4.69, 9.17) is 0 Å². The zero-order valence-corrected chi connectivity index (χ0v) is 18.9. The van der Waals surface area contributed by atoms with Crippen LogP contribution in [0, 0.1) is 0 Å². The van der Waals surface area contributed by atoms with Crippen molar-refractivity contribution in [3.8, 4) is 0 Å². The van der Waals surface area contributed by atoms with Gasteiger partial charge < -0.3 is 10.2 Å². The Bertz CT molecular complexity index is 898. The Balaban J connectivity index is 2.05. The van der Waals surface area contributed by atoms with Crippen LogP contribution in [0.4, 0.5) is 11.4 Å². The summed E-state index contributed by atoms with van der Waals surface area (Å²) >= 11 is 0. The van der Waals surface area contributed by atoms with Crippen LogP contribution in [0.1, 0.15) is 46.5 Å². The molecule has 1 aromatic carbocycles. The van der Waals surface area contributed by atoms with E-state index in [9.17, 15) is 18.0 Å². The number of nitrogens with one attached hydrogen (secondary N) is 1. The number of hydrogen-bond acceptors (Lipinski definition) is 5. The molecular weight excluding hydrogens is 404 g/mol.